The molecule has 0 spiro atoms. The van der Waals surface area contributed by atoms with Gasteiger partial charge in [0.1, 0.15) is 0 Å². The molecule has 0 saturated heterocycles. The smallest absolute Gasteiger partial charge is 0.279 e. The van der Waals surface area contributed by atoms with E-state index in [-0.39, 0.29) is 21.1 Å². The predicted molar refractivity (Wildman–Crippen MR) is 80.4 cm³/mol. The van der Waals surface area contributed by atoms with E-state index in [1.807, 2.05) is 0 Å². The Labute approximate surface area is 153 Å². The minimum atomic E-state index is -5.84. The summed E-state index contributed by atoms with van der Waals surface area (Å²) >= 11 is 0.149. The summed E-state index contributed by atoms with van der Waals surface area (Å²) in [5.74, 6) is 0. The molecular weight excluding hydrogens is 513 g/mol. The molecule has 0 saturated carbocycles. The molecule has 154 valence electrons. The van der Waals surface area contributed by atoms with Gasteiger partial charge < -0.3 is 0 Å². The van der Waals surface area contributed by atoms with Crippen molar-refractivity contribution in [1.82, 2.24) is 0 Å². The van der Waals surface area contributed by atoms with E-state index in [4.69, 9.17) is 25.9 Å². The maximum Gasteiger partial charge on any atom is 0.522 e. The van der Waals surface area contributed by atoms with Gasteiger partial charge in [-0.1, -0.05) is 0 Å². The first-order valence-electron chi connectivity index (χ1n) is 6.70. The molecule has 0 aromatic carbocycles. The monoisotopic (exact) mass is 534 g/mol. The van der Waals surface area contributed by atoms with Crippen LogP contribution in [0.2, 0.25) is 8.87 Å². The van der Waals surface area contributed by atoms with Crippen LogP contribution in [0.4, 0.5) is 26.3 Å². The van der Waals surface area contributed by atoms with Gasteiger partial charge in [-0.15, -0.1) is 0 Å². The molecule has 15 heteroatoms. The number of rotatable bonds is 6. The van der Waals surface area contributed by atoms with Crippen molar-refractivity contribution in [3.05, 3.63) is 0 Å². The van der Waals surface area contributed by atoms with Crippen molar-refractivity contribution < 1.29 is 52.3 Å². The quantitative estimate of drug-likeness (QED) is 0.176. The molecule has 0 fully saturated rings. The zero-order valence-corrected chi connectivity index (χ0v) is 17.8. The summed E-state index contributed by atoms with van der Waals surface area (Å²) in [6, 6.07) is 0. The zero-order chi connectivity index (χ0) is 20.9. The van der Waals surface area contributed by atoms with E-state index >= 15 is 0 Å². The van der Waals surface area contributed by atoms with Crippen LogP contribution in [-0.2, 0) is 20.2 Å². The van der Waals surface area contributed by atoms with Crippen LogP contribution >= 0.6 is 0 Å². The Hall–Kier alpha value is 0.199. The zero-order valence-electron chi connectivity index (χ0n) is 13.4. The van der Waals surface area contributed by atoms with Crippen LogP contribution in [0.1, 0.15) is 39.5 Å². The first kappa shape index (κ1) is 29.9. The van der Waals surface area contributed by atoms with Gasteiger partial charge in [-0.25, -0.2) is 0 Å². The van der Waals surface area contributed by atoms with Crippen LogP contribution in [0, 0.1) is 0 Å². The molecule has 0 bridgehead atoms. The largest absolute Gasteiger partial charge is 0.522 e. The van der Waals surface area contributed by atoms with Crippen molar-refractivity contribution in [1.29, 1.82) is 0 Å². The molecule has 0 heterocycles. The fourth-order valence-corrected chi connectivity index (χ4v) is 4.89. The van der Waals surface area contributed by atoms with E-state index in [0.717, 1.165) is 0 Å². The van der Waals surface area contributed by atoms with Gasteiger partial charge in [-0.2, -0.15) is 43.2 Å². The Kier molecular flexibility index (Phi) is 16.0. The van der Waals surface area contributed by atoms with Crippen LogP contribution in [0.5, 0.6) is 0 Å². The first-order valence-corrected chi connectivity index (χ1v) is 13.6. The second-order valence-corrected chi connectivity index (χ2v) is 11.4. The molecule has 0 amide bonds. The molecule has 0 aliphatic heterocycles. The van der Waals surface area contributed by atoms with Crippen molar-refractivity contribution >= 4 is 41.4 Å². The summed E-state index contributed by atoms with van der Waals surface area (Å²) in [6.07, 6.45) is 5.84. The number of hydrogen-bond donors (Lipinski definition) is 2. The average molecular weight is 533 g/mol. The summed E-state index contributed by atoms with van der Waals surface area (Å²) in [4.78, 5) is 0. The molecule has 2 N–H and O–H groups in total. The summed E-state index contributed by atoms with van der Waals surface area (Å²) in [5.41, 5.74) is -11.1. The third kappa shape index (κ3) is 20.4. The third-order valence-electron chi connectivity index (χ3n) is 2.00. The molecule has 0 rings (SSSR count). The van der Waals surface area contributed by atoms with Gasteiger partial charge in [0.25, 0.3) is 0 Å². The topological polar surface area (TPSA) is 109 Å². The Morgan fingerprint density at radius 3 is 1.04 bits per heavy atom. The van der Waals surface area contributed by atoms with Gasteiger partial charge in [0.05, 0.1) is 0 Å². The predicted octanol–water partition coefficient (Wildman–Crippen LogP) is 3.92. The SMILES string of the molecule is CCC[CH2][Sn][CH2]CCC.O=S(=O)(O)C(F)(F)F.O=S(=O)(O)C(F)(F)F. The molecule has 0 atom stereocenters. The van der Waals surface area contributed by atoms with E-state index < -0.39 is 31.3 Å². The van der Waals surface area contributed by atoms with Gasteiger partial charge in [-0.05, 0) is 0 Å². The minimum Gasteiger partial charge on any atom is -0.279 e. The van der Waals surface area contributed by atoms with Gasteiger partial charge >= 0.3 is 101 Å². The average Bonchev–Trinajstić information content (AvgIpc) is 2.35. The van der Waals surface area contributed by atoms with Gasteiger partial charge in [-0.3, -0.25) is 9.11 Å². The van der Waals surface area contributed by atoms with Gasteiger partial charge in [0.2, 0.25) is 0 Å². The third-order valence-corrected chi connectivity index (χ3v) is 7.21. The van der Waals surface area contributed by atoms with Crippen LogP contribution in [0.3, 0.4) is 0 Å². The Morgan fingerprint density at radius 2 is 0.920 bits per heavy atom. The van der Waals surface area contributed by atoms with E-state index in [1.165, 1.54) is 25.7 Å². The second kappa shape index (κ2) is 13.4. The summed E-state index contributed by atoms with van der Waals surface area (Å²) < 4.78 is 118. The van der Waals surface area contributed by atoms with Crippen molar-refractivity contribution in [2.45, 2.75) is 59.4 Å². The maximum absolute atomic E-state index is 10.7. The molecule has 0 unspecified atom stereocenters. The van der Waals surface area contributed by atoms with Crippen LogP contribution in [0.25, 0.3) is 0 Å². The van der Waals surface area contributed by atoms with Crippen molar-refractivity contribution in [3.63, 3.8) is 0 Å². The Bertz CT molecular complexity index is 481. The van der Waals surface area contributed by atoms with Crippen LogP contribution in [-0.4, -0.2) is 58.1 Å². The molecule has 6 nitrogen and oxygen atoms in total. The normalized spacial score (nSPS) is 12.6. The molecule has 0 aliphatic rings. The number of halogens is 6. The standard InChI is InChI=1S/2C4H9.2CHF3O3S.Sn/c2*1-3-4-2;2*2-1(3,4)8(5,6)7;/h2*1,3-4H2,2H3;2*(H,5,6,7);. The fourth-order valence-electron chi connectivity index (χ4n) is 0.729. The van der Waals surface area contributed by atoms with Crippen molar-refractivity contribution in [3.8, 4) is 0 Å². The molecular formula is C10H20F6O6S2Sn. The molecule has 25 heavy (non-hydrogen) atoms. The first-order chi connectivity index (χ1) is 10.9. The molecule has 2 radical (unpaired) electrons. The van der Waals surface area contributed by atoms with E-state index in [1.54, 1.807) is 8.87 Å². The Morgan fingerprint density at radius 1 is 0.720 bits per heavy atom. The summed E-state index contributed by atoms with van der Waals surface area (Å²) in [5, 5.41) is 0. The van der Waals surface area contributed by atoms with E-state index in [9.17, 15) is 26.3 Å². The van der Waals surface area contributed by atoms with Crippen LogP contribution < -0.4 is 0 Å². The van der Waals surface area contributed by atoms with Crippen LogP contribution in [0.15, 0.2) is 0 Å². The van der Waals surface area contributed by atoms with Crippen molar-refractivity contribution in [2.24, 2.45) is 0 Å². The number of alkyl halides is 6. The van der Waals surface area contributed by atoms with E-state index in [0.29, 0.717) is 0 Å². The fraction of sp³-hybridized carbons (Fsp3) is 1.00. The number of hydrogen-bond acceptors (Lipinski definition) is 4. The molecule has 0 aliphatic carbocycles. The summed E-state index contributed by atoms with van der Waals surface area (Å²) in [6.45, 7) is 4.58. The van der Waals surface area contributed by atoms with Crippen molar-refractivity contribution in [2.75, 3.05) is 0 Å². The maximum atomic E-state index is 10.7. The van der Waals surface area contributed by atoms with Gasteiger partial charge in [0, 0.05) is 0 Å². The van der Waals surface area contributed by atoms with E-state index in [2.05, 4.69) is 13.8 Å². The minimum absolute atomic E-state index is 0.149. The molecule has 0 aromatic heterocycles. The summed E-state index contributed by atoms with van der Waals surface area (Å²) in [7, 11) is -11.7. The molecule has 0 aromatic rings. The van der Waals surface area contributed by atoms with Gasteiger partial charge in [0.15, 0.2) is 0 Å². The number of unbranched alkanes of at least 4 members (excludes halogenated alkanes) is 2. The Balaban J connectivity index is -0.000000291. The second-order valence-electron chi connectivity index (χ2n) is 4.30.